The Labute approximate surface area is 140 Å². The van der Waals surface area contributed by atoms with Crippen LogP contribution >= 0.6 is 0 Å². The topological polar surface area (TPSA) is 35.6 Å². The number of nitrogens with one attached hydrogen (secondary N) is 1. The van der Waals surface area contributed by atoms with Gasteiger partial charge in [-0.05, 0) is 38.3 Å². The van der Waals surface area contributed by atoms with E-state index in [0.29, 0.717) is 6.54 Å². The number of benzene rings is 1. The van der Waals surface area contributed by atoms with E-state index in [0.717, 1.165) is 39.1 Å². The lowest BCUT2D eigenvalue weighted by atomic mass is 10.0. The maximum atomic E-state index is 12.1. The van der Waals surface area contributed by atoms with E-state index in [-0.39, 0.29) is 11.4 Å². The minimum absolute atomic E-state index is 0.107. The van der Waals surface area contributed by atoms with Crippen molar-refractivity contribution < 1.29 is 4.79 Å². The van der Waals surface area contributed by atoms with Gasteiger partial charge in [0.25, 0.3) is 0 Å². The van der Waals surface area contributed by atoms with E-state index in [2.05, 4.69) is 67.1 Å². The molecule has 0 spiro atoms. The first kappa shape index (κ1) is 18.0. The number of carbonyl (C=O) groups excluding carboxylic acids is 1. The van der Waals surface area contributed by atoms with E-state index >= 15 is 0 Å². The number of hydrogen-bond acceptors (Lipinski definition) is 3. The molecule has 0 unspecified atom stereocenters. The van der Waals surface area contributed by atoms with E-state index in [1.807, 2.05) is 0 Å². The lowest BCUT2D eigenvalue weighted by Gasteiger charge is -2.35. The molecule has 0 bridgehead atoms. The Morgan fingerprint density at radius 1 is 1.13 bits per heavy atom. The van der Waals surface area contributed by atoms with Crippen LogP contribution in [0.25, 0.3) is 0 Å². The Morgan fingerprint density at radius 2 is 1.74 bits per heavy atom. The van der Waals surface area contributed by atoms with Crippen LogP contribution in [0.15, 0.2) is 24.3 Å². The van der Waals surface area contributed by atoms with Gasteiger partial charge in [-0.3, -0.25) is 14.6 Å². The molecule has 1 aliphatic heterocycles. The van der Waals surface area contributed by atoms with Crippen molar-refractivity contribution in [2.45, 2.75) is 46.2 Å². The maximum absolute atomic E-state index is 12.1. The Kier molecular flexibility index (Phi) is 6.19. The Balaban J connectivity index is 1.76. The van der Waals surface area contributed by atoms with Gasteiger partial charge < -0.3 is 5.32 Å². The highest BCUT2D eigenvalue weighted by Crippen LogP contribution is 2.12. The second-order valence-corrected chi connectivity index (χ2v) is 7.26. The highest BCUT2D eigenvalue weighted by Gasteiger charge is 2.22. The maximum Gasteiger partial charge on any atom is 0.234 e. The molecule has 0 radical (unpaired) electrons. The quantitative estimate of drug-likeness (QED) is 0.875. The molecular formula is C19H31N3O. The summed E-state index contributed by atoms with van der Waals surface area (Å²) in [5.74, 6) is 0.143. The number of carbonyl (C=O) groups is 1. The van der Waals surface area contributed by atoms with E-state index in [1.165, 1.54) is 11.1 Å². The van der Waals surface area contributed by atoms with Crippen LogP contribution in [0, 0.1) is 6.92 Å². The monoisotopic (exact) mass is 317 g/mol. The molecule has 1 fully saturated rings. The van der Waals surface area contributed by atoms with Crippen molar-refractivity contribution in [1.82, 2.24) is 15.1 Å². The van der Waals surface area contributed by atoms with Gasteiger partial charge in [-0.15, -0.1) is 0 Å². The minimum atomic E-state index is -0.107. The standard InChI is InChI=1S/C19H31N3O/c1-5-19(3,4)20-18(23)15-22-12-10-21(11-13-22)14-17-9-7-6-8-16(17)2/h6-9H,5,10-15H2,1-4H3,(H,20,23). The predicted octanol–water partition coefficient (Wildman–Crippen LogP) is 2.42. The average Bonchev–Trinajstić information content (AvgIpc) is 2.51. The number of nitrogens with zero attached hydrogens (tertiary/aromatic N) is 2. The van der Waals surface area contributed by atoms with Crippen LogP contribution in [0.5, 0.6) is 0 Å². The molecule has 1 amide bonds. The molecule has 0 aromatic heterocycles. The molecule has 2 rings (SSSR count). The van der Waals surface area contributed by atoms with Crippen molar-refractivity contribution >= 4 is 5.91 Å². The second-order valence-electron chi connectivity index (χ2n) is 7.26. The highest BCUT2D eigenvalue weighted by atomic mass is 16.2. The van der Waals surface area contributed by atoms with Crippen molar-refractivity contribution in [3.8, 4) is 0 Å². The first-order chi connectivity index (χ1) is 10.9. The van der Waals surface area contributed by atoms with Crippen LogP contribution in [-0.4, -0.2) is 54.0 Å². The molecule has 0 aliphatic carbocycles. The SMILES string of the molecule is CCC(C)(C)NC(=O)CN1CCN(Cc2ccccc2C)CC1. The van der Waals surface area contributed by atoms with Crippen molar-refractivity contribution in [3.63, 3.8) is 0 Å². The van der Waals surface area contributed by atoms with Gasteiger partial charge >= 0.3 is 0 Å². The molecule has 128 valence electrons. The summed E-state index contributed by atoms with van der Waals surface area (Å²) in [6.07, 6.45) is 0.947. The van der Waals surface area contributed by atoms with Gasteiger partial charge in [0.15, 0.2) is 0 Å². The zero-order chi connectivity index (χ0) is 16.9. The summed E-state index contributed by atoms with van der Waals surface area (Å²) in [4.78, 5) is 16.9. The molecule has 1 aliphatic rings. The molecule has 23 heavy (non-hydrogen) atoms. The minimum Gasteiger partial charge on any atom is -0.350 e. The van der Waals surface area contributed by atoms with Gasteiger partial charge in [-0.1, -0.05) is 31.2 Å². The number of rotatable bonds is 6. The molecule has 0 atom stereocenters. The summed E-state index contributed by atoms with van der Waals surface area (Å²) in [5, 5.41) is 3.12. The van der Waals surface area contributed by atoms with Crippen LogP contribution in [0.1, 0.15) is 38.3 Å². The zero-order valence-electron chi connectivity index (χ0n) is 15.1. The molecule has 4 nitrogen and oxygen atoms in total. The first-order valence-corrected chi connectivity index (χ1v) is 8.70. The van der Waals surface area contributed by atoms with Crippen LogP contribution in [0.3, 0.4) is 0 Å². The molecular weight excluding hydrogens is 286 g/mol. The van der Waals surface area contributed by atoms with Crippen LogP contribution in [0.2, 0.25) is 0 Å². The van der Waals surface area contributed by atoms with Gasteiger partial charge in [0.1, 0.15) is 0 Å². The second kappa shape index (κ2) is 7.93. The summed E-state index contributed by atoms with van der Waals surface area (Å²) >= 11 is 0. The highest BCUT2D eigenvalue weighted by molar-refractivity contribution is 5.78. The summed E-state index contributed by atoms with van der Waals surface area (Å²) < 4.78 is 0. The van der Waals surface area contributed by atoms with Crippen molar-refractivity contribution in [3.05, 3.63) is 35.4 Å². The largest absolute Gasteiger partial charge is 0.350 e. The molecule has 4 heteroatoms. The fraction of sp³-hybridized carbons (Fsp3) is 0.632. The third-order valence-electron chi connectivity index (χ3n) is 4.85. The smallest absolute Gasteiger partial charge is 0.234 e. The molecule has 1 N–H and O–H groups in total. The fourth-order valence-electron chi connectivity index (χ4n) is 2.84. The third kappa shape index (κ3) is 5.63. The Morgan fingerprint density at radius 3 is 2.35 bits per heavy atom. The fourth-order valence-corrected chi connectivity index (χ4v) is 2.84. The van der Waals surface area contributed by atoms with Crippen LogP contribution in [-0.2, 0) is 11.3 Å². The molecule has 1 saturated heterocycles. The zero-order valence-corrected chi connectivity index (χ0v) is 15.1. The number of hydrogen-bond donors (Lipinski definition) is 1. The summed E-state index contributed by atoms with van der Waals surface area (Å²) in [6.45, 7) is 13.9. The van der Waals surface area contributed by atoms with E-state index in [9.17, 15) is 4.79 Å². The lowest BCUT2D eigenvalue weighted by Crippen LogP contribution is -2.52. The molecule has 1 aromatic rings. The van der Waals surface area contributed by atoms with Gasteiger partial charge in [-0.25, -0.2) is 0 Å². The summed E-state index contributed by atoms with van der Waals surface area (Å²) in [5.41, 5.74) is 2.66. The average molecular weight is 317 g/mol. The van der Waals surface area contributed by atoms with Crippen LogP contribution in [0.4, 0.5) is 0 Å². The first-order valence-electron chi connectivity index (χ1n) is 8.70. The summed E-state index contributed by atoms with van der Waals surface area (Å²) in [7, 11) is 0. The number of piperazine rings is 1. The molecule has 0 saturated carbocycles. The van der Waals surface area contributed by atoms with Gasteiger partial charge in [-0.2, -0.15) is 0 Å². The van der Waals surface area contributed by atoms with Crippen molar-refractivity contribution in [1.29, 1.82) is 0 Å². The van der Waals surface area contributed by atoms with E-state index in [1.54, 1.807) is 0 Å². The Hall–Kier alpha value is -1.39. The molecule has 1 aromatic carbocycles. The van der Waals surface area contributed by atoms with Gasteiger partial charge in [0.05, 0.1) is 6.54 Å². The summed E-state index contributed by atoms with van der Waals surface area (Å²) in [6, 6.07) is 8.58. The Bertz CT molecular complexity index is 519. The van der Waals surface area contributed by atoms with E-state index < -0.39 is 0 Å². The molecule has 1 heterocycles. The number of amides is 1. The number of aryl methyl sites for hydroxylation is 1. The third-order valence-corrected chi connectivity index (χ3v) is 4.85. The predicted molar refractivity (Wildman–Crippen MR) is 95.4 cm³/mol. The van der Waals surface area contributed by atoms with Gasteiger partial charge in [0.2, 0.25) is 5.91 Å². The van der Waals surface area contributed by atoms with E-state index in [4.69, 9.17) is 0 Å². The van der Waals surface area contributed by atoms with Crippen LogP contribution < -0.4 is 5.32 Å². The lowest BCUT2D eigenvalue weighted by molar-refractivity contribution is -0.124. The van der Waals surface area contributed by atoms with Crippen molar-refractivity contribution in [2.75, 3.05) is 32.7 Å². The van der Waals surface area contributed by atoms with Gasteiger partial charge in [0, 0.05) is 38.3 Å². The van der Waals surface area contributed by atoms with Crippen molar-refractivity contribution in [2.24, 2.45) is 0 Å². The normalized spacial score (nSPS) is 17.2.